The van der Waals surface area contributed by atoms with Gasteiger partial charge in [0.1, 0.15) is 18.2 Å². The highest BCUT2D eigenvalue weighted by Gasteiger charge is 2.32. The molecule has 5 nitrogen and oxygen atoms in total. The van der Waals surface area contributed by atoms with E-state index in [9.17, 15) is 4.79 Å². The zero-order valence-corrected chi connectivity index (χ0v) is 16.2. The number of ether oxygens (including phenoxy) is 1. The van der Waals surface area contributed by atoms with Crippen molar-refractivity contribution in [2.24, 2.45) is 0 Å². The monoisotopic (exact) mass is 393 g/mol. The number of aromatic nitrogens is 2. The van der Waals surface area contributed by atoms with Gasteiger partial charge in [0.25, 0.3) is 0 Å². The number of nitrogens with one attached hydrogen (secondary N) is 1. The first-order valence-corrected chi connectivity index (χ1v) is 9.43. The molecule has 2 aromatic carbocycles. The first-order valence-electron chi connectivity index (χ1n) is 9.06. The van der Waals surface area contributed by atoms with Gasteiger partial charge in [0.05, 0.1) is 11.9 Å². The molecule has 1 atom stereocenters. The smallest absolute Gasteiger partial charge is 0.226 e. The van der Waals surface area contributed by atoms with Crippen molar-refractivity contribution in [3.05, 3.63) is 83.0 Å². The van der Waals surface area contributed by atoms with Gasteiger partial charge in [-0.05, 0) is 30.7 Å². The van der Waals surface area contributed by atoms with Crippen molar-refractivity contribution >= 4 is 23.3 Å². The van der Waals surface area contributed by atoms with E-state index in [0.717, 1.165) is 28.1 Å². The molecule has 0 saturated carbocycles. The van der Waals surface area contributed by atoms with Gasteiger partial charge in [-0.1, -0.05) is 48.5 Å². The maximum absolute atomic E-state index is 12.5. The van der Waals surface area contributed by atoms with Crippen LogP contribution in [0.15, 0.2) is 61.3 Å². The summed E-state index contributed by atoms with van der Waals surface area (Å²) in [6.07, 6.45) is 3.85. The van der Waals surface area contributed by atoms with Crippen molar-refractivity contribution in [1.29, 1.82) is 0 Å². The number of rotatable bonds is 5. The van der Waals surface area contributed by atoms with Crippen LogP contribution in [0.4, 0.5) is 5.82 Å². The van der Waals surface area contributed by atoms with Gasteiger partial charge >= 0.3 is 0 Å². The number of carbonyl (C=O) groups excluding carboxylic acids is 1. The molecular weight excluding hydrogens is 374 g/mol. The molecule has 4 rings (SSSR count). The molecule has 0 bridgehead atoms. The molecular formula is C22H20ClN3O2. The standard InChI is InChI=1S/C22H20ClN3O2/c1-3-11-28-20-10-5-4-7-15(20)16-12-21(27)25-22-17(16)13-24-26(22)19-9-6-8-18(23)14(19)2/h3-10,13,16H,1,11-12H2,2H3,(H,25,27). The van der Waals surface area contributed by atoms with Gasteiger partial charge in [-0.2, -0.15) is 5.10 Å². The first kappa shape index (κ1) is 18.3. The number of amides is 1. The molecule has 28 heavy (non-hydrogen) atoms. The second-order valence-corrected chi connectivity index (χ2v) is 7.09. The highest BCUT2D eigenvalue weighted by molar-refractivity contribution is 6.31. The van der Waals surface area contributed by atoms with E-state index in [1.54, 1.807) is 10.8 Å². The van der Waals surface area contributed by atoms with E-state index in [1.807, 2.05) is 55.6 Å². The predicted octanol–water partition coefficient (Wildman–Crippen LogP) is 4.87. The Bertz CT molecular complexity index is 1060. The number of carbonyl (C=O) groups is 1. The number of hydrogen-bond donors (Lipinski definition) is 1. The van der Waals surface area contributed by atoms with Crippen LogP contribution in [0.1, 0.15) is 29.0 Å². The summed E-state index contributed by atoms with van der Waals surface area (Å²) in [7, 11) is 0. The Morgan fingerprint density at radius 1 is 1.29 bits per heavy atom. The summed E-state index contributed by atoms with van der Waals surface area (Å²) in [6, 6.07) is 13.4. The zero-order chi connectivity index (χ0) is 19.7. The van der Waals surface area contributed by atoms with E-state index in [1.165, 1.54) is 0 Å². The van der Waals surface area contributed by atoms with Crippen molar-refractivity contribution in [3.8, 4) is 11.4 Å². The Balaban J connectivity index is 1.82. The van der Waals surface area contributed by atoms with Crippen LogP contribution in [0.5, 0.6) is 5.75 Å². The third-order valence-electron chi connectivity index (χ3n) is 4.94. The molecule has 0 fully saturated rings. The third kappa shape index (κ3) is 3.18. The van der Waals surface area contributed by atoms with Crippen LogP contribution in [0.3, 0.4) is 0 Å². The number of anilines is 1. The average molecular weight is 394 g/mol. The Hall–Kier alpha value is -3.05. The van der Waals surface area contributed by atoms with Gasteiger partial charge in [-0.3, -0.25) is 4.79 Å². The van der Waals surface area contributed by atoms with Gasteiger partial charge in [0.15, 0.2) is 0 Å². The maximum atomic E-state index is 12.5. The molecule has 1 aliphatic heterocycles. The minimum absolute atomic E-state index is 0.0579. The lowest BCUT2D eigenvalue weighted by atomic mass is 9.87. The van der Waals surface area contributed by atoms with Crippen molar-refractivity contribution < 1.29 is 9.53 Å². The van der Waals surface area contributed by atoms with Crippen LogP contribution >= 0.6 is 11.6 Å². The Kier molecular flexibility index (Phi) is 4.92. The lowest BCUT2D eigenvalue weighted by Crippen LogP contribution is -2.25. The average Bonchev–Trinajstić information content (AvgIpc) is 3.11. The van der Waals surface area contributed by atoms with Crippen LogP contribution in [-0.2, 0) is 4.79 Å². The molecule has 1 aromatic heterocycles. The normalized spacial score (nSPS) is 15.6. The number of nitrogens with zero attached hydrogens (tertiary/aromatic N) is 2. The third-order valence-corrected chi connectivity index (χ3v) is 5.35. The zero-order valence-electron chi connectivity index (χ0n) is 15.5. The summed E-state index contributed by atoms with van der Waals surface area (Å²) in [4.78, 5) is 12.5. The first-order chi connectivity index (χ1) is 13.6. The van der Waals surface area contributed by atoms with E-state index in [0.29, 0.717) is 23.9 Å². The molecule has 3 aromatic rings. The molecule has 1 aliphatic rings. The second kappa shape index (κ2) is 7.52. The molecule has 1 N–H and O–H groups in total. The summed E-state index contributed by atoms with van der Waals surface area (Å²) in [5, 5.41) is 8.19. The van der Waals surface area contributed by atoms with Gasteiger partial charge in [-0.15, -0.1) is 0 Å². The lowest BCUT2D eigenvalue weighted by molar-refractivity contribution is -0.116. The number of halogens is 1. The Morgan fingerprint density at radius 2 is 2.11 bits per heavy atom. The van der Waals surface area contributed by atoms with Crippen molar-refractivity contribution in [2.75, 3.05) is 11.9 Å². The van der Waals surface area contributed by atoms with Gasteiger partial charge in [0, 0.05) is 28.5 Å². The lowest BCUT2D eigenvalue weighted by Gasteiger charge is -2.25. The number of hydrogen-bond acceptors (Lipinski definition) is 3. The quantitative estimate of drug-likeness (QED) is 0.629. The summed E-state index contributed by atoms with van der Waals surface area (Å²) >= 11 is 6.28. The molecule has 6 heteroatoms. The molecule has 0 saturated heterocycles. The van der Waals surface area contributed by atoms with Crippen LogP contribution in [0.25, 0.3) is 5.69 Å². The molecule has 142 valence electrons. The van der Waals surface area contributed by atoms with Crippen LogP contribution in [0.2, 0.25) is 5.02 Å². The fourth-order valence-corrected chi connectivity index (χ4v) is 3.72. The maximum Gasteiger partial charge on any atom is 0.226 e. The Labute approximate surface area is 168 Å². The number of para-hydroxylation sites is 1. The molecule has 2 heterocycles. The van der Waals surface area contributed by atoms with Crippen molar-refractivity contribution in [3.63, 3.8) is 0 Å². The number of benzene rings is 2. The van der Waals surface area contributed by atoms with Crippen LogP contribution in [0, 0.1) is 6.92 Å². The second-order valence-electron chi connectivity index (χ2n) is 6.69. The van der Waals surface area contributed by atoms with Gasteiger partial charge < -0.3 is 10.1 Å². The minimum Gasteiger partial charge on any atom is -0.489 e. The summed E-state index contributed by atoms with van der Waals surface area (Å²) in [6.45, 7) is 6.05. The minimum atomic E-state index is -0.141. The van der Waals surface area contributed by atoms with E-state index in [4.69, 9.17) is 16.3 Å². The van der Waals surface area contributed by atoms with E-state index in [2.05, 4.69) is 17.0 Å². The van der Waals surface area contributed by atoms with Gasteiger partial charge in [0.2, 0.25) is 5.91 Å². The van der Waals surface area contributed by atoms with Crippen molar-refractivity contribution in [2.45, 2.75) is 19.3 Å². The van der Waals surface area contributed by atoms with E-state index < -0.39 is 0 Å². The van der Waals surface area contributed by atoms with Crippen LogP contribution in [-0.4, -0.2) is 22.3 Å². The topological polar surface area (TPSA) is 56.1 Å². The fourth-order valence-electron chi connectivity index (χ4n) is 3.55. The molecule has 0 radical (unpaired) electrons. The molecule has 1 amide bonds. The molecule has 0 spiro atoms. The summed E-state index contributed by atoms with van der Waals surface area (Å²) in [5.74, 6) is 1.22. The predicted molar refractivity (Wildman–Crippen MR) is 111 cm³/mol. The SMILES string of the molecule is C=CCOc1ccccc1C1CC(=O)Nc2c1cnn2-c1cccc(Cl)c1C. The summed E-state index contributed by atoms with van der Waals surface area (Å²) < 4.78 is 7.57. The van der Waals surface area contributed by atoms with Gasteiger partial charge in [-0.25, -0.2) is 4.68 Å². The summed E-state index contributed by atoms with van der Waals surface area (Å²) in [5.41, 5.74) is 3.66. The molecule has 0 aliphatic carbocycles. The highest BCUT2D eigenvalue weighted by atomic mass is 35.5. The Morgan fingerprint density at radius 3 is 2.93 bits per heavy atom. The van der Waals surface area contributed by atoms with E-state index in [-0.39, 0.29) is 11.8 Å². The van der Waals surface area contributed by atoms with E-state index >= 15 is 0 Å². The van der Waals surface area contributed by atoms with Crippen LogP contribution < -0.4 is 10.1 Å². The van der Waals surface area contributed by atoms with Crippen molar-refractivity contribution in [1.82, 2.24) is 9.78 Å². The highest BCUT2D eigenvalue weighted by Crippen LogP contribution is 2.41. The fraction of sp³-hybridized carbons (Fsp3) is 0.182. The number of fused-ring (bicyclic) bond motifs is 1. The molecule has 1 unspecified atom stereocenters. The largest absolute Gasteiger partial charge is 0.489 e.